The maximum Gasteiger partial charge on any atom is 0.0249 e. The third kappa shape index (κ3) is 3.33. The molecule has 112 valence electrons. The van der Waals surface area contributed by atoms with Gasteiger partial charge in [0.1, 0.15) is 0 Å². The molecule has 0 aromatic carbocycles. The van der Waals surface area contributed by atoms with Gasteiger partial charge in [-0.25, -0.2) is 0 Å². The summed E-state index contributed by atoms with van der Waals surface area (Å²) < 4.78 is 0. The Balaban J connectivity index is 2.14. The van der Waals surface area contributed by atoms with Crippen LogP contribution in [0.25, 0.3) is 0 Å². The fourth-order valence-electron chi connectivity index (χ4n) is 3.77. The van der Waals surface area contributed by atoms with E-state index in [4.69, 9.17) is 0 Å². The Bertz CT molecular complexity index is 292. The molecule has 0 saturated carbocycles. The Labute approximate surface area is 120 Å². The molecule has 2 aliphatic rings. The molecule has 2 rings (SSSR count). The first kappa shape index (κ1) is 15.3. The number of rotatable bonds is 2. The fraction of sp³-hybridized carbons (Fsp3) is 1.00. The van der Waals surface area contributed by atoms with Gasteiger partial charge in [-0.05, 0) is 37.6 Å². The van der Waals surface area contributed by atoms with E-state index in [1.807, 2.05) is 0 Å². The topological polar surface area (TPSA) is 6.48 Å². The summed E-state index contributed by atoms with van der Waals surface area (Å²) in [7, 11) is 0. The van der Waals surface area contributed by atoms with Crippen LogP contribution in [0, 0.1) is 11.3 Å². The molecule has 3 unspecified atom stereocenters. The van der Waals surface area contributed by atoms with Crippen LogP contribution in [0.3, 0.4) is 0 Å². The van der Waals surface area contributed by atoms with Crippen LogP contribution in [-0.4, -0.2) is 47.6 Å². The number of nitrogens with zero attached hydrogens (tertiary/aromatic N) is 2. The van der Waals surface area contributed by atoms with Crippen LogP contribution in [-0.2, 0) is 0 Å². The molecule has 0 aromatic heterocycles. The quantitative estimate of drug-likeness (QED) is 0.753. The van der Waals surface area contributed by atoms with Gasteiger partial charge in [-0.1, -0.05) is 41.0 Å². The summed E-state index contributed by atoms with van der Waals surface area (Å²) in [6.45, 7) is 18.3. The number of hydrogen-bond donors (Lipinski definition) is 0. The minimum absolute atomic E-state index is 0.379. The zero-order valence-corrected chi connectivity index (χ0v) is 13.9. The van der Waals surface area contributed by atoms with Gasteiger partial charge in [-0.15, -0.1) is 0 Å². The van der Waals surface area contributed by atoms with Crippen molar-refractivity contribution in [2.24, 2.45) is 11.3 Å². The zero-order valence-electron chi connectivity index (χ0n) is 13.9. The lowest BCUT2D eigenvalue weighted by molar-refractivity contribution is -0.0492. The summed E-state index contributed by atoms with van der Waals surface area (Å²) >= 11 is 0. The minimum atomic E-state index is 0.379. The van der Waals surface area contributed by atoms with Crippen LogP contribution < -0.4 is 0 Å². The molecule has 0 radical (unpaired) electrons. The molecule has 2 heterocycles. The second-order valence-corrected chi connectivity index (χ2v) is 8.19. The molecule has 2 heteroatoms. The third-order valence-electron chi connectivity index (χ3n) is 5.54. The van der Waals surface area contributed by atoms with E-state index < -0.39 is 0 Å². The zero-order chi connectivity index (χ0) is 14.2. The summed E-state index contributed by atoms with van der Waals surface area (Å²) in [5, 5.41) is 0. The van der Waals surface area contributed by atoms with Crippen LogP contribution in [0.2, 0.25) is 0 Å². The van der Waals surface area contributed by atoms with Crippen molar-refractivity contribution >= 4 is 0 Å². The summed E-state index contributed by atoms with van der Waals surface area (Å²) in [5.41, 5.74) is 0.379. The highest BCUT2D eigenvalue weighted by atomic mass is 15.3. The van der Waals surface area contributed by atoms with Crippen molar-refractivity contribution in [2.45, 2.75) is 78.9 Å². The van der Waals surface area contributed by atoms with E-state index in [9.17, 15) is 0 Å². The predicted octanol–water partition coefficient (Wildman–Crippen LogP) is 3.62. The Morgan fingerprint density at radius 1 is 1.00 bits per heavy atom. The lowest BCUT2D eigenvalue weighted by atomic mass is 9.82. The van der Waals surface area contributed by atoms with Gasteiger partial charge in [-0.3, -0.25) is 9.80 Å². The number of piperidine rings is 1. The summed E-state index contributed by atoms with van der Waals surface area (Å²) in [4.78, 5) is 5.61. The van der Waals surface area contributed by atoms with E-state index in [2.05, 4.69) is 51.3 Å². The van der Waals surface area contributed by atoms with Crippen molar-refractivity contribution in [2.75, 3.05) is 19.6 Å². The van der Waals surface area contributed by atoms with Gasteiger partial charge in [0.25, 0.3) is 0 Å². The molecule has 2 fully saturated rings. The molecule has 2 nitrogen and oxygen atoms in total. The number of hydrogen-bond acceptors (Lipinski definition) is 2. The van der Waals surface area contributed by atoms with E-state index in [1.165, 1.54) is 38.9 Å². The largest absolute Gasteiger partial charge is 0.298 e. The molecule has 0 amide bonds. The first-order valence-electron chi connectivity index (χ1n) is 8.30. The summed E-state index contributed by atoms with van der Waals surface area (Å²) in [6, 6.07) is 2.24. The molecule has 19 heavy (non-hydrogen) atoms. The number of fused-ring (bicyclic) bond motifs is 1. The lowest BCUT2D eigenvalue weighted by Gasteiger charge is -2.54. The third-order valence-corrected chi connectivity index (χ3v) is 5.54. The van der Waals surface area contributed by atoms with Crippen LogP contribution in [0.4, 0.5) is 0 Å². The molecular weight excluding hydrogens is 232 g/mol. The Morgan fingerprint density at radius 2 is 1.68 bits per heavy atom. The average Bonchev–Trinajstić information content (AvgIpc) is 2.35. The van der Waals surface area contributed by atoms with E-state index in [0.29, 0.717) is 11.5 Å². The van der Waals surface area contributed by atoms with Gasteiger partial charge < -0.3 is 0 Å². The lowest BCUT2D eigenvalue weighted by Crippen LogP contribution is -2.64. The average molecular weight is 266 g/mol. The molecule has 0 spiro atoms. The number of piperazine rings is 1. The van der Waals surface area contributed by atoms with Crippen LogP contribution in [0.1, 0.15) is 60.8 Å². The van der Waals surface area contributed by atoms with E-state index in [0.717, 1.165) is 18.0 Å². The molecule has 2 saturated heterocycles. The Morgan fingerprint density at radius 3 is 2.26 bits per heavy atom. The fourth-order valence-corrected chi connectivity index (χ4v) is 3.77. The summed E-state index contributed by atoms with van der Waals surface area (Å²) in [6.07, 6.45) is 4.26. The molecule has 2 aliphatic heterocycles. The standard InChI is InChI=1S/C17H34N2/c1-13(2)16-12-18-10-8-7-9-15(18)11-19(16)14(3)17(4,5)6/h13-16H,7-12H2,1-6H3. The first-order chi connectivity index (χ1) is 8.80. The van der Waals surface area contributed by atoms with Crippen molar-refractivity contribution in [3.05, 3.63) is 0 Å². The van der Waals surface area contributed by atoms with E-state index >= 15 is 0 Å². The smallest absolute Gasteiger partial charge is 0.0249 e. The van der Waals surface area contributed by atoms with Crippen molar-refractivity contribution in [3.8, 4) is 0 Å². The van der Waals surface area contributed by atoms with Crippen LogP contribution >= 0.6 is 0 Å². The molecule has 3 atom stereocenters. The molecule has 0 aliphatic carbocycles. The molecule has 0 N–H and O–H groups in total. The minimum Gasteiger partial charge on any atom is -0.298 e. The Kier molecular flexibility index (Phi) is 4.62. The van der Waals surface area contributed by atoms with Gasteiger partial charge >= 0.3 is 0 Å². The van der Waals surface area contributed by atoms with Crippen molar-refractivity contribution < 1.29 is 0 Å². The van der Waals surface area contributed by atoms with E-state index in [1.54, 1.807) is 0 Å². The van der Waals surface area contributed by atoms with Gasteiger partial charge in [0.15, 0.2) is 0 Å². The van der Waals surface area contributed by atoms with Gasteiger partial charge in [0.05, 0.1) is 0 Å². The molecule has 0 bridgehead atoms. The highest BCUT2D eigenvalue weighted by molar-refractivity contribution is 4.96. The second kappa shape index (κ2) is 5.73. The predicted molar refractivity (Wildman–Crippen MR) is 83.5 cm³/mol. The molecular formula is C17H34N2. The van der Waals surface area contributed by atoms with Crippen LogP contribution in [0.5, 0.6) is 0 Å². The first-order valence-corrected chi connectivity index (χ1v) is 8.30. The molecule has 0 aromatic rings. The van der Waals surface area contributed by atoms with Gasteiger partial charge in [0, 0.05) is 31.2 Å². The van der Waals surface area contributed by atoms with Crippen molar-refractivity contribution in [1.29, 1.82) is 0 Å². The van der Waals surface area contributed by atoms with Crippen molar-refractivity contribution in [1.82, 2.24) is 9.80 Å². The maximum absolute atomic E-state index is 2.83. The van der Waals surface area contributed by atoms with Crippen LogP contribution in [0.15, 0.2) is 0 Å². The Hall–Kier alpha value is -0.0800. The SMILES string of the molecule is CC(C)C1CN2CCCCC2CN1C(C)C(C)(C)C. The van der Waals surface area contributed by atoms with Gasteiger partial charge in [-0.2, -0.15) is 0 Å². The van der Waals surface area contributed by atoms with E-state index in [-0.39, 0.29) is 0 Å². The summed E-state index contributed by atoms with van der Waals surface area (Å²) in [5.74, 6) is 0.757. The second-order valence-electron chi connectivity index (χ2n) is 8.19. The normalized spacial score (nSPS) is 32.4. The highest BCUT2D eigenvalue weighted by Gasteiger charge is 2.40. The maximum atomic E-state index is 2.83. The monoisotopic (exact) mass is 266 g/mol. The van der Waals surface area contributed by atoms with Crippen molar-refractivity contribution in [3.63, 3.8) is 0 Å². The van der Waals surface area contributed by atoms with Gasteiger partial charge in [0.2, 0.25) is 0 Å². The highest BCUT2D eigenvalue weighted by Crippen LogP contribution is 2.33.